The van der Waals surface area contributed by atoms with E-state index < -0.39 is 18.2 Å². The second-order valence-electron chi connectivity index (χ2n) is 18.6. The molecule has 6 fully saturated rings. The number of amides is 5. The van der Waals surface area contributed by atoms with E-state index in [1.807, 2.05) is 66.4 Å². The lowest BCUT2D eigenvalue weighted by Crippen LogP contribution is -2.55. The van der Waals surface area contributed by atoms with Gasteiger partial charge in [-0.3, -0.25) is 9.59 Å². The molecule has 5 heterocycles. The second kappa shape index (κ2) is 17.8. The van der Waals surface area contributed by atoms with Crippen LogP contribution in [0.25, 0.3) is 11.3 Å². The Morgan fingerprint density at radius 1 is 0.746 bits per heavy atom. The van der Waals surface area contributed by atoms with Crippen LogP contribution in [0.2, 0.25) is 0 Å². The Bertz CT molecular complexity index is 2240. The van der Waals surface area contributed by atoms with E-state index in [1.54, 1.807) is 4.90 Å². The number of fused-ring (bicyclic) bond motifs is 3. The van der Waals surface area contributed by atoms with Crippen LogP contribution in [0.1, 0.15) is 125 Å². The molecule has 63 heavy (non-hydrogen) atoms. The third-order valence-electron chi connectivity index (χ3n) is 14.9. The number of nitrogens with zero attached hydrogens (tertiary/aromatic N) is 5. The Kier molecular flexibility index (Phi) is 12.0. The minimum Gasteiger partial charge on any atom is -0.453 e. The third kappa shape index (κ3) is 8.31. The van der Waals surface area contributed by atoms with E-state index in [9.17, 15) is 19.2 Å². The number of carbonyl (C=O) groups excluding carboxylic acids is 4. The van der Waals surface area contributed by atoms with E-state index in [4.69, 9.17) is 19.4 Å². The lowest BCUT2D eigenvalue weighted by molar-refractivity contribution is -0.135. The van der Waals surface area contributed by atoms with Crippen molar-refractivity contribution in [1.29, 1.82) is 0 Å². The fourth-order valence-corrected chi connectivity index (χ4v) is 11.0. The van der Waals surface area contributed by atoms with Gasteiger partial charge in [0.25, 0.3) is 5.91 Å². The molecule has 15 nitrogen and oxygen atoms in total. The Balaban J connectivity index is 0.834. The van der Waals surface area contributed by atoms with Gasteiger partial charge in [0.2, 0.25) is 5.91 Å². The number of urea groups is 1. The van der Waals surface area contributed by atoms with E-state index in [1.165, 1.54) is 18.4 Å². The van der Waals surface area contributed by atoms with E-state index in [0.717, 1.165) is 87.1 Å². The number of rotatable bonds is 11. The number of hydrogen-bond acceptors (Lipinski definition) is 8. The standard InChI is InChI=1S/C48H61N9O6/c1-31(2)39(53-45(60)55-25-27-63-28-26-55)43(58)56-23-8-12-37(56)42-50-30-38(52-42)48-20-17-47(18-21-48,19-22-48)34-15-13-32(14-16-34)35-29-49-41(51-35)36-11-7-24-57(36)44(59)40(54-46(61)62-3)33-9-5-4-6-10-33/h4-6,9-10,13-16,29-31,36-37,39-40H,7-8,11-12,17-28H2,1-3H3,(H,49,51)(H,50,52)(H,53,60)(H,54,61). The molecule has 3 aliphatic carbocycles. The van der Waals surface area contributed by atoms with Crippen molar-refractivity contribution in [2.24, 2.45) is 5.92 Å². The van der Waals surface area contributed by atoms with Crippen LogP contribution in [-0.4, -0.2) is 111 Å². The Morgan fingerprint density at radius 3 is 1.98 bits per heavy atom. The van der Waals surface area contributed by atoms with Crippen molar-refractivity contribution < 1.29 is 28.7 Å². The molecule has 5 amide bonds. The van der Waals surface area contributed by atoms with Gasteiger partial charge in [-0.15, -0.1) is 0 Å². The lowest BCUT2D eigenvalue weighted by Gasteiger charge is -2.53. The molecule has 2 bridgehead atoms. The molecule has 4 unspecified atom stereocenters. The van der Waals surface area contributed by atoms with Crippen LogP contribution in [0.4, 0.5) is 9.59 Å². The number of carbonyl (C=O) groups is 4. The van der Waals surface area contributed by atoms with Crippen molar-refractivity contribution in [3.63, 3.8) is 0 Å². The van der Waals surface area contributed by atoms with Crippen molar-refractivity contribution >= 4 is 23.9 Å². The molecule has 15 heteroatoms. The summed E-state index contributed by atoms with van der Waals surface area (Å²) in [7, 11) is 1.29. The number of morpholine rings is 1. The molecule has 10 rings (SSSR count). The fraction of sp³-hybridized carbons (Fsp3) is 0.542. The molecule has 3 saturated carbocycles. The summed E-state index contributed by atoms with van der Waals surface area (Å²) >= 11 is 0. The van der Waals surface area contributed by atoms with Crippen molar-refractivity contribution in [3.8, 4) is 11.3 Å². The molecule has 4 atom stereocenters. The number of hydrogen-bond donors (Lipinski definition) is 4. The molecule has 4 N–H and O–H groups in total. The van der Waals surface area contributed by atoms with Gasteiger partial charge in [-0.1, -0.05) is 68.4 Å². The average Bonchev–Trinajstić information content (AvgIpc) is 4.18. The number of imidazole rings is 2. The van der Waals surface area contributed by atoms with E-state index >= 15 is 0 Å². The Morgan fingerprint density at radius 2 is 1.35 bits per heavy atom. The van der Waals surface area contributed by atoms with Crippen molar-refractivity contribution in [1.82, 2.24) is 45.3 Å². The van der Waals surface area contributed by atoms with Crippen LogP contribution in [0.15, 0.2) is 67.0 Å². The Labute approximate surface area is 369 Å². The van der Waals surface area contributed by atoms with Crippen molar-refractivity contribution in [3.05, 3.63) is 95.5 Å². The van der Waals surface area contributed by atoms with Crippen LogP contribution in [0.3, 0.4) is 0 Å². The fourth-order valence-electron chi connectivity index (χ4n) is 11.0. The summed E-state index contributed by atoms with van der Waals surface area (Å²) in [6.07, 6.45) is 13.1. The maximum Gasteiger partial charge on any atom is 0.407 e. The summed E-state index contributed by atoms with van der Waals surface area (Å²) in [5, 5.41) is 5.79. The predicted molar refractivity (Wildman–Crippen MR) is 235 cm³/mol. The predicted octanol–water partition coefficient (Wildman–Crippen LogP) is 6.83. The third-order valence-corrected chi connectivity index (χ3v) is 14.9. The number of aromatic amines is 2. The number of alkyl carbamates (subject to hydrolysis) is 1. The van der Waals surface area contributed by atoms with Crippen LogP contribution < -0.4 is 10.6 Å². The van der Waals surface area contributed by atoms with Gasteiger partial charge in [-0.05, 0) is 92.2 Å². The quantitative estimate of drug-likeness (QED) is 0.127. The highest BCUT2D eigenvalue weighted by Crippen LogP contribution is 2.58. The van der Waals surface area contributed by atoms with Crippen LogP contribution in [-0.2, 0) is 29.9 Å². The van der Waals surface area contributed by atoms with Gasteiger partial charge < -0.3 is 44.8 Å². The largest absolute Gasteiger partial charge is 0.453 e. The summed E-state index contributed by atoms with van der Waals surface area (Å²) in [4.78, 5) is 75.9. The lowest BCUT2D eigenvalue weighted by atomic mass is 9.51. The Hall–Kier alpha value is -5.70. The van der Waals surface area contributed by atoms with Crippen LogP contribution in [0, 0.1) is 5.92 Å². The van der Waals surface area contributed by atoms with Crippen LogP contribution >= 0.6 is 0 Å². The molecule has 0 radical (unpaired) electrons. The molecular formula is C48H61N9O6. The number of benzene rings is 2. The monoisotopic (exact) mass is 859 g/mol. The van der Waals surface area contributed by atoms with E-state index in [-0.39, 0.29) is 46.7 Å². The van der Waals surface area contributed by atoms with Gasteiger partial charge in [0.15, 0.2) is 0 Å². The van der Waals surface area contributed by atoms with Crippen molar-refractivity contribution in [2.45, 2.75) is 113 Å². The molecule has 2 aromatic heterocycles. The first kappa shape index (κ1) is 42.6. The van der Waals surface area contributed by atoms with Gasteiger partial charge >= 0.3 is 12.1 Å². The smallest absolute Gasteiger partial charge is 0.407 e. The second-order valence-corrected chi connectivity index (χ2v) is 18.6. The number of aromatic nitrogens is 4. The van der Waals surface area contributed by atoms with E-state index in [2.05, 4.69) is 44.9 Å². The number of likely N-dealkylation sites (tertiary alicyclic amines) is 2. The highest BCUT2D eigenvalue weighted by molar-refractivity contribution is 5.88. The number of H-pyrrole nitrogens is 2. The molecule has 4 aromatic rings. The molecule has 2 aromatic carbocycles. The first-order valence-corrected chi connectivity index (χ1v) is 22.9. The topological polar surface area (TPSA) is 178 Å². The van der Waals surface area contributed by atoms with Gasteiger partial charge in [0, 0.05) is 43.5 Å². The maximum atomic E-state index is 14.1. The highest BCUT2D eigenvalue weighted by atomic mass is 16.5. The van der Waals surface area contributed by atoms with Gasteiger partial charge in [-0.2, -0.15) is 0 Å². The normalized spacial score (nSPS) is 25.6. The molecular weight excluding hydrogens is 799 g/mol. The summed E-state index contributed by atoms with van der Waals surface area (Å²) in [5.41, 5.74) is 5.39. The zero-order chi connectivity index (χ0) is 43.7. The summed E-state index contributed by atoms with van der Waals surface area (Å²) in [6, 6.07) is 16.2. The highest BCUT2D eigenvalue weighted by Gasteiger charge is 2.51. The van der Waals surface area contributed by atoms with Gasteiger partial charge in [0.05, 0.1) is 44.3 Å². The van der Waals surface area contributed by atoms with Crippen LogP contribution in [0.5, 0.6) is 0 Å². The van der Waals surface area contributed by atoms with Crippen molar-refractivity contribution in [2.75, 3.05) is 46.5 Å². The number of methoxy groups -OCH3 is 1. The summed E-state index contributed by atoms with van der Waals surface area (Å²) in [5.74, 6) is 1.30. The minimum atomic E-state index is -0.867. The number of ether oxygens (including phenoxy) is 2. The first-order chi connectivity index (χ1) is 30.6. The SMILES string of the molecule is COC(=O)NC(C(=O)N1CCCC1c1ncc(-c2ccc(C34CCC(c5cnc(C6CCCN6C(=O)C(NC(=O)N6CCOCC6)C(C)C)[nH]5)(CC3)CC4)cc2)[nH]1)c1ccccc1. The maximum absolute atomic E-state index is 14.1. The first-order valence-electron chi connectivity index (χ1n) is 22.9. The minimum absolute atomic E-state index is 0.0414. The van der Waals surface area contributed by atoms with Gasteiger partial charge in [-0.25, -0.2) is 19.6 Å². The van der Waals surface area contributed by atoms with Gasteiger partial charge in [0.1, 0.15) is 23.7 Å². The number of nitrogens with one attached hydrogen (secondary N) is 4. The molecule has 334 valence electrons. The molecule has 3 saturated heterocycles. The zero-order valence-corrected chi connectivity index (χ0v) is 36.7. The summed E-state index contributed by atoms with van der Waals surface area (Å²) < 4.78 is 10.3. The molecule has 0 spiro atoms. The summed E-state index contributed by atoms with van der Waals surface area (Å²) in [6.45, 7) is 7.27. The average molecular weight is 860 g/mol. The van der Waals surface area contributed by atoms with E-state index in [0.29, 0.717) is 45.0 Å². The molecule has 6 aliphatic rings. The molecule has 3 aliphatic heterocycles. The zero-order valence-electron chi connectivity index (χ0n) is 36.7.